The predicted molar refractivity (Wildman–Crippen MR) is 83.2 cm³/mol. The fourth-order valence-corrected chi connectivity index (χ4v) is 2.93. The van der Waals surface area contributed by atoms with E-state index in [1.165, 1.54) is 0 Å². The normalized spacial score (nSPS) is 14.0. The van der Waals surface area contributed by atoms with Crippen molar-refractivity contribution in [1.82, 2.24) is 0 Å². The van der Waals surface area contributed by atoms with Crippen molar-refractivity contribution >= 4 is 10.0 Å². The maximum absolute atomic E-state index is 11.7. The lowest BCUT2D eigenvalue weighted by Gasteiger charge is -2.26. The van der Waals surface area contributed by atoms with Crippen molar-refractivity contribution in [3.8, 4) is 5.75 Å². The molecule has 0 radical (unpaired) electrons. The second-order valence-electron chi connectivity index (χ2n) is 6.29. The zero-order valence-electron chi connectivity index (χ0n) is 13.6. The van der Waals surface area contributed by atoms with Gasteiger partial charge in [0, 0.05) is 12.7 Å². The van der Waals surface area contributed by atoms with Crippen LogP contribution < -0.4 is 9.88 Å². The standard InChI is InChI=1S/C15H25NO4S/c1-10-7-13(20-11(2)9-19-6)12(15(3,4)5)8-14(10)21(16,17)18/h7-8,11H,9H2,1-6H3,(H2,16,17,18). The Morgan fingerprint density at radius 1 is 1.29 bits per heavy atom. The number of sulfonamides is 1. The van der Waals surface area contributed by atoms with E-state index in [1.54, 1.807) is 26.2 Å². The van der Waals surface area contributed by atoms with Crippen molar-refractivity contribution in [2.75, 3.05) is 13.7 Å². The molecule has 0 bridgehead atoms. The number of primary sulfonamides is 1. The summed E-state index contributed by atoms with van der Waals surface area (Å²) in [7, 11) is -2.14. The Morgan fingerprint density at radius 2 is 1.86 bits per heavy atom. The first kappa shape index (κ1) is 17.9. The largest absolute Gasteiger partial charge is 0.488 e. The molecule has 2 N–H and O–H groups in total. The third kappa shape index (κ3) is 4.69. The molecule has 0 aliphatic heterocycles. The van der Waals surface area contributed by atoms with Gasteiger partial charge in [-0.25, -0.2) is 13.6 Å². The Bertz CT molecular complexity index is 603. The molecule has 21 heavy (non-hydrogen) atoms. The van der Waals surface area contributed by atoms with Gasteiger partial charge in [-0.3, -0.25) is 0 Å². The quantitative estimate of drug-likeness (QED) is 0.904. The topological polar surface area (TPSA) is 78.6 Å². The fraction of sp³-hybridized carbons (Fsp3) is 0.600. The van der Waals surface area contributed by atoms with E-state index in [-0.39, 0.29) is 16.4 Å². The van der Waals surface area contributed by atoms with Crippen molar-refractivity contribution in [2.24, 2.45) is 5.14 Å². The van der Waals surface area contributed by atoms with E-state index in [1.807, 2.05) is 27.7 Å². The second-order valence-corrected chi connectivity index (χ2v) is 7.82. The van der Waals surface area contributed by atoms with Gasteiger partial charge in [0.05, 0.1) is 11.5 Å². The van der Waals surface area contributed by atoms with Gasteiger partial charge in [-0.15, -0.1) is 0 Å². The number of hydrogen-bond acceptors (Lipinski definition) is 4. The van der Waals surface area contributed by atoms with Gasteiger partial charge in [0.2, 0.25) is 10.0 Å². The first-order valence-corrected chi connectivity index (χ1v) is 8.35. The summed E-state index contributed by atoms with van der Waals surface area (Å²) in [5.41, 5.74) is 1.11. The summed E-state index contributed by atoms with van der Waals surface area (Å²) in [6, 6.07) is 3.34. The molecule has 0 heterocycles. The molecule has 1 aromatic carbocycles. The van der Waals surface area contributed by atoms with Gasteiger partial charge in [-0.2, -0.15) is 0 Å². The summed E-state index contributed by atoms with van der Waals surface area (Å²) in [6.45, 7) is 10.1. The van der Waals surface area contributed by atoms with Crippen LogP contribution in [0.25, 0.3) is 0 Å². The molecule has 0 amide bonds. The van der Waals surface area contributed by atoms with E-state index in [0.29, 0.717) is 17.9 Å². The number of nitrogens with two attached hydrogens (primary N) is 1. The molecule has 5 nitrogen and oxygen atoms in total. The van der Waals surface area contributed by atoms with Crippen LogP contribution in [0, 0.1) is 6.92 Å². The Hall–Kier alpha value is -1.11. The van der Waals surface area contributed by atoms with E-state index in [0.717, 1.165) is 5.56 Å². The molecule has 120 valence electrons. The van der Waals surface area contributed by atoms with Gasteiger partial charge in [0.25, 0.3) is 0 Å². The monoisotopic (exact) mass is 315 g/mol. The molecule has 0 saturated heterocycles. The van der Waals surface area contributed by atoms with Crippen molar-refractivity contribution < 1.29 is 17.9 Å². The SMILES string of the molecule is COCC(C)Oc1cc(C)c(S(N)(=O)=O)cc1C(C)(C)C. The molecule has 6 heteroatoms. The molecule has 0 saturated carbocycles. The van der Waals surface area contributed by atoms with Gasteiger partial charge in [0.1, 0.15) is 11.9 Å². The third-order valence-electron chi connectivity index (χ3n) is 3.12. The molecule has 0 fully saturated rings. The number of benzene rings is 1. The Balaban J connectivity index is 3.41. The maximum atomic E-state index is 11.7. The number of hydrogen-bond donors (Lipinski definition) is 1. The van der Waals surface area contributed by atoms with E-state index in [2.05, 4.69) is 0 Å². The lowest BCUT2D eigenvalue weighted by Crippen LogP contribution is -2.23. The van der Waals surface area contributed by atoms with Crippen molar-refractivity contribution in [3.63, 3.8) is 0 Å². The average molecular weight is 315 g/mol. The van der Waals surface area contributed by atoms with Crippen LogP contribution in [0.5, 0.6) is 5.75 Å². The zero-order chi connectivity index (χ0) is 16.4. The van der Waals surface area contributed by atoms with Crippen LogP contribution in [0.4, 0.5) is 0 Å². The lowest BCUT2D eigenvalue weighted by molar-refractivity contribution is 0.0906. The molecule has 1 rings (SSSR count). The predicted octanol–water partition coefficient (Wildman–Crippen LogP) is 2.35. The van der Waals surface area contributed by atoms with E-state index >= 15 is 0 Å². The summed E-state index contributed by atoms with van der Waals surface area (Å²) in [6.07, 6.45) is -0.129. The highest BCUT2D eigenvalue weighted by atomic mass is 32.2. The van der Waals surface area contributed by atoms with Gasteiger partial charge >= 0.3 is 0 Å². The zero-order valence-corrected chi connectivity index (χ0v) is 14.4. The first-order chi connectivity index (χ1) is 9.46. The van der Waals surface area contributed by atoms with Crippen molar-refractivity contribution in [2.45, 2.75) is 51.0 Å². The van der Waals surface area contributed by atoms with E-state index in [9.17, 15) is 8.42 Å². The number of aryl methyl sites for hydroxylation is 1. The van der Waals surface area contributed by atoms with Gasteiger partial charge in [0.15, 0.2) is 0 Å². The average Bonchev–Trinajstić information content (AvgIpc) is 2.25. The summed E-state index contributed by atoms with van der Waals surface area (Å²) >= 11 is 0. The molecule has 1 aromatic rings. The summed E-state index contributed by atoms with van der Waals surface area (Å²) in [5, 5.41) is 5.28. The van der Waals surface area contributed by atoms with Gasteiger partial charge < -0.3 is 9.47 Å². The first-order valence-electron chi connectivity index (χ1n) is 6.80. The smallest absolute Gasteiger partial charge is 0.238 e. The summed E-state index contributed by atoms with van der Waals surface area (Å²) < 4.78 is 34.3. The third-order valence-corrected chi connectivity index (χ3v) is 4.17. The van der Waals surface area contributed by atoms with Crippen molar-refractivity contribution in [3.05, 3.63) is 23.3 Å². The van der Waals surface area contributed by atoms with Crippen LogP contribution >= 0.6 is 0 Å². The fourth-order valence-electron chi connectivity index (χ4n) is 2.14. The van der Waals surface area contributed by atoms with E-state index in [4.69, 9.17) is 14.6 Å². The van der Waals surface area contributed by atoms with Crippen LogP contribution in [-0.2, 0) is 20.2 Å². The Labute approximate surface area is 127 Å². The molecule has 0 aliphatic carbocycles. The molecule has 0 aliphatic rings. The highest BCUT2D eigenvalue weighted by Gasteiger charge is 2.24. The number of ether oxygens (including phenoxy) is 2. The summed E-state index contributed by atoms with van der Waals surface area (Å²) in [5.74, 6) is 0.664. The minimum absolute atomic E-state index is 0.129. The van der Waals surface area contributed by atoms with Crippen LogP contribution in [0.2, 0.25) is 0 Å². The summed E-state index contributed by atoms with van der Waals surface area (Å²) in [4.78, 5) is 0.138. The maximum Gasteiger partial charge on any atom is 0.238 e. The molecular weight excluding hydrogens is 290 g/mol. The van der Waals surface area contributed by atoms with E-state index < -0.39 is 10.0 Å². The minimum Gasteiger partial charge on any atom is -0.488 e. The minimum atomic E-state index is -3.75. The van der Waals surface area contributed by atoms with Gasteiger partial charge in [-0.1, -0.05) is 20.8 Å². The second kappa shape index (κ2) is 6.34. The molecule has 1 unspecified atom stereocenters. The molecule has 0 aromatic heterocycles. The molecule has 1 atom stereocenters. The Morgan fingerprint density at radius 3 is 2.29 bits per heavy atom. The van der Waals surface area contributed by atoms with Crippen LogP contribution in [0.15, 0.2) is 17.0 Å². The van der Waals surface area contributed by atoms with Gasteiger partial charge in [-0.05, 0) is 37.0 Å². The number of methoxy groups -OCH3 is 1. The highest BCUT2D eigenvalue weighted by molar-refractivity contribution is 7.89. The Kier molecular flexibility index (Phi) is 5.41. The van der Waals surface area contributed by atoms with Crippen LogP contribution in [-0.4, -0.2) is 28.2 Å². The number of rotatable bonds is 5. The van der Waals surface area contributed by atoms with Crippen LogP contribution in [0.3, 0.4) is 0 Å². The molecule has 0 spiro atoms. The lowest BCUT2D eigenvalue weighted by atomic mass is 9.86. The van der Waals surface area contributed by atoms with Crippen LogP contribution in [0.1, 0.15) is 38.8 Å². The molecular formula is C15H25NO4S. The highest BCUT2D eigenvalue weighted by Crippen LogP contribution is 2.35. The van der Waals surface area contributed by atoms with Crippen molar-refractivity contribution in [1.29, 1.82) is 0 Å².